The SMILES string of the molecule is CCCCc1nnc(NC(=O)C(C#N)=Cc2cc(Cl)c(OCCOc3ccccc3)c(OCC)c2)s1. The molecule has 0 unspecified atom stereocenters. The second kappa shape index (κ2) is 14.1. The summed E-state index contributed by atoms with van der Waals surface area (Å²) in [4.78, 5) is 12.7. The monoisotopic (exact) mass is 526 g/mol. The molecule has 0 fully saturated rings. The van der Waals surface area contributed by atoms with Gasteiger partial charge in [-0.05, 0) is 49.2 Å². The molecular formula is C26H27ClN4O4S. The zero-order chi connectivity index (χ0) is 25.8. The number of aryl methyl sites for hydroxylation is 1. The maximum Gasteiger partial charge on any atom is 0.268 e. The van der Waals surface area contributed by atoms with E-state index in [0.29, 0.717) is 35.4 Å². The van der Waals surface area contributed by atoms with Crippen molar-refractivity contribution in [2.45, 2.75) is 33.1 Å². The molecule has 3 rings (SSSR count). The van der Waals surface area contributed by atoms with E-state index in [2.05, 4.69) is 22.4 Å². The molecule has 2 aromatic carbocycles. The van der Waals surface area contributed by atoms with Gasteiger partial charge in [0.2, 0.25) is 5.13 Å². The number of hydrogen-bond acceptors (Lipinski definition) is 8. The number of para-hydroxylation sites is 1. The topological polar surface area (TPSA) is 106 Å². The fourth-order valence-electron chi connectivity index (χ4n) is 3.11. The molecule has 1 aromatic heterocycles. The standard InChI is InChI=1S/C26H27ClN4O4S/c1-3-5-11-23-30-31-26(36-23)29-25(32)19(17-28)14-18-15-21(27)24(22(16-18)33-4-2)35-13-12-34-20-9-7-6-8-10-20/h6-10,14-16H,3-5,11-13H2,1-2H3,(H,29,31,32). The Bertz CT molecular complexity index is 1220. The molecule has 3 aromatic rings. The number of nitrogens with one attached hydrogen (secondary N) is 1. The summed E-state index contributed by atoms with van der Waals surface area (Å²) in [5, 5.41) is 21.7. The van der Waals surface area contributed by atoms with Crippen LogP contribution in [0.2, 0.25) is 5.02 Å². The lowest BCUT2D eigenvalue weighted by molar-refractivity contribution is -0.112. The molecule has 8 nitrogen and oxygen atoms in total. The number of carbonyl (C=O) groups excluding carboxylic acids is 1. The predicted molar refractivity (Wildman–Crippen MR) is 141 cm³/mol. The Labute approximate surface area is 219 Å². The molecule has 0 aliphatic rings. The fraction of sp³-hybridized carbons (Fsp3) is 0.308. The molecule has 0 spiro atoms. The van der Waals surface area contributed by atoms with E-state index in [1.807, 2.05) is 43.3 Å². The minimum atomic E-state index is -0.580. The van der Waals surface area contributed by atoms with E-state index in [0.717, 1.165) is 30.0 Å². The number of halogens is 1. The zero-order valence-electron chi connectivity index (χ0n) is 20.1. The first-order valence-corrected chi connectivity index (χ1v) is 12.8. The molecular weight excluding hydrogens is 500 g/mol. The lowest BCUT2D eigenvalue weighted by atomic mass is 10.1. The Balaban J connectivity index is 1.69. The number of aromatic nitrogens is 2. The summed E-state index contributed by atoms with van der Waals surface area (Å²) in [6.45, 7) is 4.87. The van der Waals surface area contributed by atoms with Crippen molar-refractivity contribution in [2.75, 3.05) is 25.1 Å². The first-order valence-electron chi connectivity index (χ1n) is 11.6. The summed E-state index contributed by atoms with van der Waals surface area (Å²) < 4.78 is 17.2. The van der Waals surface area contributed by atoms with Gasteiger partial charge in [-0.2, -0.15) is 5.26 Å². The lowest BCUT2D eigenvalue weighted by Gasteiger charge is -2.15. The predicted octanol–water partition coefficient (Wildman–Crippen LogP) is 5.94. The molecule has 0 saturated heterocycles. The van der Waals surface area contributed by atoms with Crippen molar-refractivity contribution >= 4 is 40.1 Å². The van der Waals surface area contributed by atoms with Gasteiger partial charge >= 0.3 is 0 Å². The van der Waals surface area contributed by atoms with Crippen LogP contribution in [0.5, 0.6) is 17.2 Å². The highest BCUT2D eigenvalue weighted by Gasteiger charge is 2.16. The summed E-state index contributed by atoms with van der Waals surface area (Å²) in [6, 6.07) is 14.6. The molecule has 0 radical (unpaired) electrons. The molecule has 1 N–H and O–H groups in total. The van der Waals surface area contributed by atoms with E-state index in [9.17, 15) is 10.1 Å². The second-order valence-electron chi connectivity index (χ2n) is 7.50. The Morgan fingerprint density at radius 2 is 1.92 bits per heavy atom. The summed E-state index contributed by atoms with van der Waals surface area (Å²) >= 11 is 7.77. The number of hydrogen-bond donors (Lipinski definition) is 1. The van der Waals surface area contributed by atoms with Crippen LogP contribution in [0.25, 0.3) is 6.08 Å². The van der Waals surface area contributed by atoms with E-state index in [1.54, 1.807) is 12.1 Å². The van der Waals surface area contributed by atoms with Crippen molar-refractivity contribution in [2.24, 2.45) is 0 Å². The quantitative estimate of drug-likeness (QED) is 0.167. The van der Waals surface area contributed by atoms with Gasteiger partial charge in [-0.25, -0.2) is 0 Å². The number of nitrogens with zero attached hydrogens (tertiary/aromatic N) is 3. The molecule has 0 aliphatic carbocycles. The lowest BCUT2D eigenvalue weighted by Crippen LogP contribution is -2.13. The van der Waals surface area contributed by atoms with Gasteiger partial charge in [-0.3, -0.25) is 10.1 Å². The Morgan fingerprint density at radius 1 is 1.14 bits per heavy atom. The van der Waals surface area contributed by atoms with Gasteiger partial charge in [0.15, 0.2) is 11.5 Å². The summed E-state index contributed by atoms with van der Waals surface area (Å²) in [5.41, 5.74) is 0.410. The minimum Gasteiger partial charge on any atom is -0.490 e. The number of amides is 1. The third kappa shape index (κ3) is 7.97. The molecule has 1 amide bonds. The van der Waals surface area contributed by atoms with Crippen LogP contribution >= 0.6 is 22.9 Å². The maximum absolute atomic E-state index is 12.7. The Hall–Kier alpha value is -3.61. The second-order valence-corrected chi connectivity index (χ2v) is 8.97. The molecule has 188 valence electrons. The van der Waals surface area contributed by atoms with Gasteiger partial charge in [0.25, 0.3) is 5.91 Å². The number of rotatable bonds is 13. The Kier molecular flexibility index (Phi) is 10.5. The van der Waals surface area contributed by atoms with Crippen molar-refractivity contribution in [3.8, 4) is 23.3 Å². The molecule has 36 heavy (non-hydrogen) atoms. The average Bonchev–Trinajstić information content (AvgIpc) is 3.32. The highest BCUT2D eigenvalue weighted by atomic mass is 35.5. The van der Waals surface area contributed by atoms with E-state index >= 15 is 0 Å². The maximum atomic E-state index is 12.7. The molecule has 0 atom stereocenters. The van der Waals surface area contributed by atoms with Crippen LogP contribution in [-0.4, -0.2) is 35.9 Å². The number of carbonyl (C=O) groups is 1. The number of benzene rings is 2. The van der Waals surface area contributed by atoms with Crippen LogP contribution in [0.15, 0.2) is 48.0 Å². The average molecular weight is 527 g/mol. The first kappa shape index (κ1) is 27.0. The number of anilines is 1. The minimum absolute atomic E-state index is 0.108. The fourth-order valence-corrected chi connectivity index (χ4v) is 4.16. The van der Waals surface area contributed by atoms with Crippen LogP contribution in [0, 0.1) is 11.3 Å². The van der Waals surface area contributed by atoms with E-state index < -0.39 is 5.91 Å². The van der Waals surface area contributed by atoms with Gasteiger partial charge in [-0.1, -0.05) is 54.5 Å². The van der Waals surface area contributed by atoms with Crippen molar-refractivity contribution in [1.82, 2.24) is 10.2 Å². The van der Waals surface area contributed by atoms with E-state index in [-0.39, 0.29) is 17.2 Å². The molecule has 1 heterocycles. The molecule has 0 saturated carbocycles. The summed E-state index contributed by atoms with van der Waals surface area (Å²) in [6.07, 6.45) is 4.27. The van der Waals surface area contributed by atoms with E-state index in [1.165, 1.54) is 17.4 Å². The van der Waals surface area contributed by atoms with Gasteiger partial charge in [0.1, 0.15) is 35.6 Å². The zero-order valence-corrected chi connectivity index (χ0v) is 21.7. The number of unbranched alkanes of at least 4 members (excludes halogenated alkanes) is 1. The highest BCUT2D eigenvalue weighted by Crippen LogP contribution is 2.37. The number of ether oxygens (including phenoxy) is 3. The van der Waals surface area contributed by atoms with Gasteiger partial charge in [-0.15, -0.1) is 10.2 Å². The highest BCUT2D eigenvalue weighted by molar-refractivity contribution is 7.15. The van der Waals surface area contributed by atoms with Gasteiger partial charge in [0.05, 0.1) is 11.6 Å². The largest absolute Gasteiger partial charge is 0.490 e. The summed E-state index contributed by atoms with van der Waals surface area (Å²) in [5.74, 6) is 0.927. The molecule has 0 bridgehead atoms. The van der Waals surface area contributed by atoms with Crippen molar-refractivity contribution in [3.63, 3.8) is 0 Å². The van der Waals surface area contributed by atoms with E-state index in [4.69, 9.17) is 25.8 Å². The van der Waals surface area contributed by atoms with Gasteiger partial charge < -0.3 is 14.2 Å². The third-order valence-electron chi connectivity index (χ3n) is 4.78. The smallest absolute Gasteiger partial charge is 0.268 e. The molecule has 0 aliphatic heterocycles. The Morgan fingerprint density at radius 3 is 2.64 bits per heavy atom. The van der Waals surface area contributed by atoms with Crippen LogP contribution in [0.3, 0.4) is 0 Å². The normalized spacial score (nSPS) is 11.0. The van der Waals surface area contributed by atoms with Crippen LogP contribution < -0.4 is 19.5 Å². The van der Waals surface area contributed by atoms with Crippen LogP contribution in [0.4, 0.5) is 5.13 Å². The van der Waals surface area contributed by atoms with Crippen molar-refractivity contribution < 1.29 is 19.0 Å². The summed E-state index contributed by atoms with van der Waals surface area (Å²) in [7, 11) is 0. The molecule has 10 heteroatoms. The number of nitriles is 1. The van der Waals surface area contributed by atoms with Crippen molar-refractivity contribution in [1.29, 1.82) is 5.26 Å². The van der Waals surface area contributed by atoms with Gasteiger partial charge in [0, 0.05) is 6.42 Å². The first-order chi connectivity index (χ1) is 17.5. The van der Waals surface area contributed by atoms with Crippen LogP contribution in [0.1, 0.15) is 37.3 Å². The van der Waals surface area contributed by atoms with Crippen molar-refractivity contribution in [3.05, 3.63) is 63.6 Å². The van der Waals surface area contributed by atoms with Crippen LogP contribution in [-0.2, 0) is 11.2 Å². The third-order valence-corrected chi connectivity index (χ3v) is 5.96.